The minimum atomic E-state index is 0.274. The van der Waals surface area contributed by atoms with Crippen LogP contribution < -0.4 is 0 Å². The number of hydrogen-bond acceptors (Lipinski definition) is 1. The number of ketones is 1. The highest BCUT2D eigenvalue weighted by molar-refractivity contribution is 9.10. The molecule has 1 aromatic carbocycles. The minimum Gasteiger partial charge on any atom is -0.300 e. The lowest BCUT2D eigenvalue weighted by molar-refractivity contribution is -0.117. The van der Waals surface area contributed by atoms with Crippen LogP contribution in [0.15, 0.2) is 22.7 Å². The van der Waals surface area contributed by atoms with Crippen molar-refractivity contribution in [2.24, 2.45) is 5.92 Å². The van der Waals surface area contributed by atoms with Crippen molar-refractivity contribution in [1.82, 2.24) is 0 Å². The molecule has 0 N–H and O–H groups in total. The first-order chi connectivity index (χ1) is 6.99. The third-order valence-corrected chi connectivity index (χ3v) is 3.33. The first kappa shape index (κ1) is 12.4. The molecule has 1 atom stereocenters. The van der Waals surface area contributed by atoms with Crippen molar-refractivity contribution < 1.29 is 4.79 Å². The molecule has 0 aliphatic rings. The molecule has 0 aliphatic carbocycles. The van der Waals surface area contributed by atoms with E-state index in [-0.39, 0.29) is 5.78 Å². The molecule has 2 heteroatoms. The van der Waals surface area contributed by atoms with Crippen LogP contribution in [-0.4, -0.2) is 5.78 Å². The standard InChI is InChI=1S/C13H17BrO/c1-9(6-11(3)15)7-12-4-5-13(14)10(2)8-12/h4-5,8-9H,6-7H2,1-3H3. The molecular formula is C13H17BrO. The lowest BCUT2D eigenvalue weighted by atomic mass is 9.96. The van der Waals surface area contributed by atoms with Crippen molar-refractivity contribution in [3.63, 3.8) is 0 Å². The molecule has 0 radical (unpaired) electrons. The van der Waals surface area contributed by atoms with Crippen LogP contribution in [-0.2, 0) is 11.2 Å². The summed E-state index contributed by atoms with van der Waals surface area (Å²) >= 11 is 3.48. The highest BCUT2D eigenvalue weighted by Gasteiger charge is 2.07. The van der Waals surface area contributed by atoms with Crippen LogP contribution in [0.4, 0.5) is 0 Å². The number of rotatable bonds is 4. The van der Waals surface area contributed by atoms with Gasteiger partial charge >= 0.3 is 0 Å². The van der Waals surface area contributed by atoms with Crippen molar-refractivity contribution in [3.8, 4) is 0 Å². The zero-order valence-corrected chi connectivity index (χ0v) is 11.1. The van der Waals surface area contributed by atoms with E-state index in [4.69, 9.17) is 0 Å². The molecule has 1 aromatic rings. The largest absolute Gasteiger partial charge is 0.300 e. The van der Waals surface area contributed by atoms with Crippen LogP contribution in [0, 0.1) is 12.8 Å². The molecule has 1 rings (SSSR count). The normalized spacial score (nSPS) is 12.5. The number of hydrogen-bond donors (Lipinski definition) is 0. The predicted molar refractivity (Wildman–Crippen MR) is 67.0 cm³/mol. The molecule has 0 bridgehead atoms. The van der Waals surface area contributed by atoms with E-state index in [2.05, 4.69) is 48.0 Å². The lowest BCUT2D eigenvalue weighted by Gasteiger charge is -2.10. The van der Waals surface area contributed by atoms with Gasteiger partial charge in [-0.15, -0.1) is 0 Å². The average molecular weight is 269 g/mol. The quantitative estimate of drug-likeness (QED) is 0.809. The van der Waals surface area contributed by atoms with Crippen molar-refractivity contribution in [3.05, 3.63) is 33.8 Å². The van der Waals surface area contributed by atoms with Crippen LogP contribution in [0.25, 0.3) is 0 Å². The third-order valence-electron chi connectivity index (χ3n) is 2.44. The van der Waals surface area contributed by atoms with E-state index in [1.807, 2.05) is 0 Å². The number of aryl methyl sites for hydroxylation is 1. The predicted octanol–water partition coefficient (Wildman–Crippen LogP) is 3.92. The Hall–Kier alpha value is -0.630. The molecule has 0 amide bonds. The van der Waals surface area contributed by atoms with Crippen LogP contribution in [0.5, 0.6) is 0 Å². The maximum Gasteiger partial charge on any atom is 0.130 e. The Balaban J connectivity index is 2.64. The van der Waals surface area contributed by atoms with E-state index in [1.54, 1.807) is 6.92 Å². The monoisotopic (exact) mass is 268 g/mol. The first-order valence-electron chi connectivity index (χ1n) is 5.23. The summed E-state index contributed by atoms with van der Waals surface area (Å²) in [5.41, 5.74) is 2.56. The van der Waals surface area contributed by atoms with Gasteiger partial charge in [-0.3, -0.25) is 0 Å². The summed E-state index contributed by atoms with van der Waals surface area (Å²) in [5.74, 6) is 0.708. The molecule has 0 aliphatic heterocycles. The van der Waals surface area contributed by atoms with Gasteiger partial charge in [0, 0.05) is 10.9 Å². The second kappa shape index (κ2) is 5.45. The Morgan fingerprint density at radius 2 is 2.13 bits per heavy atom. The minimum absolute atomic E-state index is 0.274. The second-order valence-electron chi connectivity index (χ2n) is 4.30. The number of carbonyl (C=O) groups excluding carboxylic acids is 1. The Kier molecular flexibility index (Phi) is 4.52. The summed E-state index contributed by atoms with van der Waals surface area (Å²) in [6.07, 6.45) is 1.66. The van der Waals surface area contributed by atoms with Crippen molar-refractivity contribution in [1.29, 1.82) is 0 Å². The summed E-state index contributed by atoms with van der Waals surface area (Å²) in [5, 5.41) is 0. The summed E-state index contributed by atoms with van der Waals surface area (Å²) in [7, 11) is 0. The van der Waals surface area contributed by atoms with Crippen LogP contribution in [0.2, 0.25) is 0 Å². The van der Waals surface area contributed by atoms with E-state index in [0.29, 0.717) is 12.3 Å². The topological polar surface area (TPSA) is 17.1 Å². The van der Waals surface area contributed by atoms with Crippen LogP contribution in [0.1, 0.15) is 31.4 Å². The molecule has 0 saturated carbocycles. The number of carbonyl (C=O) groups is 1. The van der Waals surface area contributed by atoms with Crippen molar-refractivity contribution in [2.45, 2.75) is 33.6 Å². The fourth-order valence-electron chi connectivity index (χ4n) is 1.80. The number of benzene rings is 1. The van der Waals surface area contributed by atoms with Gasteiger partial charge in [-0.1, -0.05) is 35.0 Å². The zero-order chi connectivity index (χ0) is 11.4. The third kappa shape index (κ3) is 4.17. The Morgan fingerprint density at radius 3 is 2.67 bits per heavy atom. The Bertz CT molecular complexity index is 358. The van der Waals surface area contributed by atoms with Gasteiger partial charge in [0.1, 0.15) is 5.78 Å². The highest BCUT2D eigenvalue weighted by atomic mass is 79.9. The molecule has 82 valence electrons. The molecule has 0 aromatic heterocycles. The maximum absolute atomic E-state index is 11.0. The Labute approximate surface area is 100 Å². The maximum atomic E-state index is 11.0. The van der Waals surface area contributed by atoms with Gasteiger partial charge in [-0.2, -0.15) is 0 Å². The molecule has 0 saturated heterocycles. The lowest BCUT2D eigenvalue weighted by Crippen LogP contribution is -2.05. The molecular weight excluding hydrogens is 252 g/mol. The molecule has 0 fully saturated rings. The summed E-state index contributed by atoms with van der Waals surface area (Å²) in [6.45, 7) is 5.87. The zero-order valence-electron chi connectivity index (χ0n) is 9.51. The summed E-state index contributed by atoms with van der Waals surface area (Å²) in [4.78, 5) is 11.0. The number of halogens is 1. The van der Waals surface area contributed by atoms with Crippen molar-refractivity contribution >= 4 is 21.7 Å². The average Bonchev–Trinajstić information content (AvgIpc) is 2.10. The van der Waals surface area contributed by atoms with E-state index >= 15 is 0 Å². The highest BCUT2D eigenvalue weighted by Crippen LogP contribution is 2.19. The van der Waals surface area contributed by atoms with Gasteiger partial charge in [0.2, 0.25) is 0 Å². The molecule has 1 unspecified atom stereocenters. The second-order valence-corrected chi connectivity index (χ2v) is 5.15. The van der Waals surface area contributed by atoms with E-state index in [0.717, 1.165) is 10.9 Å². The number of Topliss-reactive ketones (excluding diaryl/α,β-unsaturated/α-hetero) is 1. The van der Waals surface area contributed by atoms with Gasteiger partial charge in [0.05, 0.1) is 0 Å². The van der Waals surface area contributed by atoms with E-state index < -0.39 is 0 Å². The molecule has 15 heavy (non-hydrogen) atoms. The molecule has 1 nitrogen and oxygen atoms in total. The molecule has 0 spiro atoms. The fourth-order valence-corrected chi connectivity index (χ4v) is 2.05. The fraction of sp³-hybridized carbons (Fsp3) is 0.462. The first-order valence-corrected chi connectivity index (χ1v) is 6.03. The van der Waals surface area contributed by atoms with Crippen molar-refractivity contribution in [2.75, 3.05) is 0 Å². The van der Waals surface area contributed by atoms with Gasteiger partial charge in [0.25, 0.3) is 0 Å². The summed E-state index contributed by atoms with van der Waals surface area (Å²) in [6, 6.07) is 6.37. The Morgan fingerprint density at radius 1 is 1.47 bits per heavy atom. The summed E-state index contributed by atoms with van der Waals surface area (Å²) < 4.78 is 1.14. The van der Waals surface area contributed by atoms with E-state index in [9.17, 15) is 4.79 Å². The van der Waals surface area contributed by atoms with Crippen LogP contribution >= 0.6 is 15.9 Å². The van der Waals surface area contributed by atoms with Gasteiger partial charge in [-0.05, 0) is 43.4 Å². The van der Waals surface area contributed by atoms with Gasteiger partial charge in [-0.25, -0.2) is 0 Å². The van der Waals surface area contributed by atoms with Gasteiger partial charge < -0.3 is 4.79 Å². The SMILES string of the molecule is CC(=O)CC(C)Cc1ccc(Br)c(C)c1. The van der Waals surface area contributed by atoms with Gasteiger partial charge in [0.15, 0.2) is 0 Å². The van der Waals surface area contributed by atoms with E-state index in [1.165, 1.54) is 11.1 Å². The molecule has 0 heterocycles. The van der Waals surface area contributed by atoms with Crippen LogP contribution in [0.3, 0.4) is 0 Å². The smallest absolute Gasteiger partial charge is 0.130 e.